The molecule has 2 aliphatic rings. The molecule has 2 aromatic rings. The second-order valence-corrected chi connectivity index (χ2v) is 13.3. The lowest BCUT2D eigenvalue weighted by atomic mass is 10.0. The van der Waals surface area contributed by atoms with Gasteiger partial charge in [-0.05, 0) is 67.3 Å². The van der Waals surface area contributed by atoms with Crippen LogP contribution in [0.1, 0.15) is 68.4 Å². The Hall–Kier alpha value is -0.960. The molecule has 0 nitrogen and oxygen atoms in total. The molecule has 2 saturated heterocycles. The zero-order chi connectivity index (χ0) is 18.6. The van der Waals surface area contributed by atoms with Crippen molar-refractivity contribution in [3.63, 3.8) is 0 Å². The monoisotopic (exact) mass is 394 g/mol. The first kappa shape index (κ1) is 19.4. The van der Waals surface area contributed by atoms with Gasteiger partial charge in [0.15, 0.2) is 0 Å². The van der Waals surface area contributed by atoms with E-state index < -0.39 is 0 Å². The summed E-state index contributed by atoms with van der Waals surface area (Å²) < 4.78 is 0. The molecule has 0 aliphatic carbocycles. The predicted octanol–water partition coefficient (Wildman–Crippen LogP) is 8.66. The molecule has 27 heavy (non-hydrogen) atoms. The predicted molar refractivity (Wildman–Crippen MR) is 123 cm³/mol. The van der Waals surface area contributed by atoms with Gasteiger partial charge in [0.2, 0.25) is 0 Å². The Labute approximate surface area is 168 Å². The molecule has 0 spiro atoms. The van der Waals surface area contributed by atoms with Crippen LogP contribution in [0.15, 0.2) is 71.8 Å². The van der Waals surface area contributed by atoms with E-state index in [1.807, 2.05) is 0 Å². The quantitative estimate of drug-likeness (QED) is 0.445. The average molecular weight is 394 g/mol. The van der Waals surface area contributed by atoms with Gasteiger partial charge in [0.05, 0.1) is 0 Å². The smallest absolute Gasteiger partial charge is 0.00822 e. The van der Waals surface area contributed by atoms with Gasteiger partial charge in [-0.15, -0.1) is 0 Å². The summed E-state index contributed by atoms with van der Waals surface area (Å²) in [5, 5.41) is 1.77. The van der Waals surface area contributed by atoms with E-state index in [-0.39, 0.29) is 15.8 Å². The molecule has 0 amide bonds. The summed E-state index contributed by atoms with van der Waals surface area (Å²) in [6, 6.07) is 22.7. The van der Waals surface area contributed by atoms with Crippen molar-refractivity contribution in [3.05, 3.63) is 82.9 Å². The molecule has 0 N–H and O–H groups in total. The number of benzene rings is 2. The molecule has 4 atom stereocenters. The topological polar surface area (TPSA) is 0 Å². The van der Waals surface area contributed by atoms with Crippen LogP contribution in [0.25, 0.3) is 0 Å². The normalized spacial score (nSPS) is 29.3. The van der Waals surface area contributed by atoms with E-state index in [0.29, 0.717) is 0 Å². The second-order valence-electron chi connectivity index (χ2n) is 8.05. The van der Waals surface area contributed by atoms with E-state index in [9.17, 15) is 0 Å². The van der Waals surface area contributed by atoms with Gasteiger partial charge in [-0.1, -0.05) is 89.2 Å². The number of allylic oxidation sites excluding steroid dienone is 1. The van der Waals surface area contributed by atoms with Gasteiger partial charge in [-0.2, -0.15) is 0 Å². The minimum Gasteiger partial charge on any atom is -0.0769 e. The number of rotatable bonds is 5. The van der Waals surface area contributed by atoms with Gasteiger partial charge < -0.3 is 0 Å². The Kier molecular flexibility index (Phi) is 6.47. The van der Waals surface area contributed by atoms with E-state index in [1.165, 1.54) is 38.3 Å². The van der Waals surface area contributed by atoms with Crippen molar-refractivity contribution >= 4 is 15.8 Å². The Morgan fingerprint density at radius 2 is 1.44 bits per heavy atom. The summed E-state index contributed by atoms with van der Waals surface area (Å²) in [5.74, 6) is 2.80. The van der Waals surface area contributed by atoms with Crippen LogP contribution in [-0.2, 0) is 0 Å². The van der Waals surface area contributed by atoms with Crippen LogP contribution in [0.3, 0.4) is 0 Å². The summed E-state index contributed by atoms with van der Waals surface area (Å²) in [7, 11) is -0.0346. The Morgan fingerprint density at radius 1 is 0.889 bits per heavy atom. The van der Waals surface area contributed by atoms with Crippen molar-refractivity contribution < 1.29 is 0 Å². The lowest BCUT2D eigenvalue weighted by molar-refractivity contribution is 0.756. The van der Waals surface area contributed by atoms with Crippen molar-refractivity contribution in [2.75, 3.05) is 6.16 Å². The van der Waals surface area contributed by atoms with Crippen LogP contribution >= 0.6 is 15.8 Å². The van der Waals surface area contributed by atoms with Crippen LogP contribution in [-0.4, -0.2) is 11.8 Å². The minimum absolute atomic E-state index is 0.115. The molecule has 2 fully saturated rings. The van der Waals surface area contributed by atoms with Crippen molar-refractivity contribution in [2.24, 2.45) is 0 Å². The van der Waals surface area contributed by atoms with Gasteiger partial charge in [-0.3, -0.25) is 0 Å². The molecule has 0 radical (unpaired) electrons. The lowest BCUT2D eigenvalue weighted by Crippen LogP contribution is -1.98. The highest BCUT2D eigenvalue weighted by molar-refractivity contribution is 7.66. The van der Waals surface area contributed by atoms with Crippen LogP contribution < -0.4 is 0 Å². The van der Waals surface area contributed by atoms with E-state index in [2.05, 4.69) is 80.3 Å². The third kappa shape index (κ3) is 4.23. The molecule has 142 valence electrons. The Bertz CT molecular complexity index is 705. The largest absolute Gasteiger partial charge is 0.0769 e. The van der Waals surface area contributed by atoms with E-state index in [1.54, 1.807) is 16.4 Å². The van der Waals surface area contributed by atoms with E-state index in [0.717, 1.165) is 17.0 Å². The summed E-state index contributed by atoms with van der Waals surface area (Å²) in [6.45, 7) is 4.88. The van der Waals surface area contributed by atoms with Gasteiger partial charge in [0.1, 0.15) is 0 Å². The van der Waals surface area contributed by atoms with Gasteiger partial charge in [0, 0.05) is 11.3 Å². The van der Waals surface area contributed by atoms with Crippen molar-refractivity contribution in [1.29, 1.82) is 0 Å². The first-order chi connectivity index (χ1) is 13.3. The van der Waals surface area contributed by atoms with Crippen LogP contribution in [0.2, 0.25) is 0 Å². The van der Waals surface area contributed by atoms with Gasteiger partial charge in [-0.25, -0.2) is 0 Å². The highest BCUT2D eigenvalue weighted by atomic mass is 31.1. The summed E-state index contributed by atoms with van der Waals surface area (Å²) in [6.07, 6.45) is 8.46. The maximum absolute atomic E-state index is 2.80. The molecule has 0 bridgehead atoms. The third-order valence-corrected chi connectivity index (χ3v) is 13.2. The summed E-state index contributed by atoms with van der Waals surface area (Å²) >= 11 is 0. The molecule has 2 aromatic carbocycles. The highest BCUT2D eigenvalue weighted by Crippen LogP contribution is 2.73. The van der Waals surface area contributed by atoms with E-state index in [4.69, 9.17) is 0 Å². The van der Waals surface area contributed by atoms with E-state index >= 15 is 0 Å². The maximum atomic E-state index is 2.80. The molecular weight excluding hydrogens is 362 g/mol. The first-order valence-corrected chi connectivity index (χ1v) is 13.7. The molecule has 2 heterocycles. The lowest BCUT2D eigenvalue weighted by Gasteiger charge is -2.27. The molecule has 4 rings (SSSR count). The highest BCUT2D eigenvalue weighted by Gasteiger charge is 2.37. The van der Waals surface area contributed by atoms with Crippen LogP contribution in [0, 0.1) is 0 Å². The molecule has 1 unspecified atom stereocenters. The van der Waals surface area contributed by atoms with Crippen molar-refractivity contribution in [3.8, 4) is 0 Å². The van der Waals surface area contributed by atoms with Crippen LogP contribution in [0.4, 0.5) is 0 Å². The number of hydrogen-bond donors (Lipinski definition) is 0. The van der Waals surface area contributed by atoms with Gasteiger partial charge in [0.25, 0.3) is 0 Å². The average Bonchev–Trinajstić information content (AvgIpc) is 3.36. The number of hydrogen-bond acceptors (Lipinski definition) is 0. The Balaban J connectivity index is 1.67. The maximum Gasteiger partial charge on any atom is 0.00822 e. The second kappa shape index (κ2) is 9.03. The summed E-state index contributed by atoms with van der Waals surface area (Å²) in [5.41, 5.74) is 5.59. The standard InChI is InChI=1S/C25H32P2/c1-3-23-15-10-18-26(23)20(2)19-27-24(21-11-6-4-7-12-21)16-17-25(27)22-13-8-5-9-14-22/h4-9,11-14,19,23-25H,3,10,15-18H2,1-2H3/b20-19-/t23-,24+,25+,26?/m1/s1. The fraction of sp³-hybridized carbons (Fsp3) is 0.440. The van der Waals surface area contributed by atoms with Crippen molar-refractivity contribution in [1.82, 2.24) is 0 Å². The van der Waals surface area contributed by atoms with Gasteiger partial charge >= 0.3 is 0 Å². The fourth-order valence-electron chi connectivity index (χ4n) is 5.05. The SMILES string of the molecule is CC[C@@H]1CCCP1/C(C)=C\P1[C@H](c2ccccc2)CC[C@H]1c1ccccc1. The molecular formula is C25H32P2. The fourth-order valence-corrected chi connectivity index (χ4v) is 12.0. The zero-order valence-electron chi connectivity index (χ0n) is 16.7. The molecule has 0 aromatic heterocycles. The third-order valence-electron chi connectivity index (χ3n) is 6.44. The van der Waals surface area contributed by atoms with Crippen molar-refractivity contribution in [2.45, 2.75) is 62.9 Å². The zero-order valence-corrected chi connectivity index (χ0v) is 18.5. The first-order valence-electron chi connectivity index (χ1n) is 10.6. The minimum atomic E-state index is -0.150. The van der Waals surface area contributed by atoms with Crippen LogP contribution in [0.5, 0.6) is 0 Å². The molecule has 0 saturated carbocycles. The molecule has 2 aliphatic heterocycles. The Morgan fingerprint density at radius 3 is 1.96 bits per heavy atom. The summed E-state index contributed by atoms with van der Waals surface area (Å²) in [4.78, 5) is 0. The molecule has 2 heteroatoms.